The molecule has 16 heteroatoms. The number of esters is 1. The van der Waals surface area contributed by atoms with Gasteiger partial charge in [0, 0.05) is 40.4 Å². The molecule has 2 N–H and O–H groups in total. The van der Waals surface area contributed by atoms with Gasteiger partial charge in [-0.1, -0.05) is 67.9 Å². The number of nitrogens with zero attached hydrogens (tertiary/aromatic N) is 5. The van der Waals surface area contributed by atoms with Gasteiger partial charge in [0.05, 0.1) is 17.8 Å². The van der Waals surface area contributed by atoms with E-state index in [1.54, 1.807) is 45.0 Å². The Kier molecular flexibility index (Phi) is 15.6. The van der Waals surface area contributed by atoms with Crippen molar-refractivity contribution in [3.63, 3.8) is 0 Å². The van der Waals surface area contributed by atoms with Gasteiger partial charge in [0.2, 0.25) is 11.6 Å². The van der Waals surface area contributed by atoms with Gasteiger partial charge in [-0.3, -0.25) is 4.79 Å². The molecule has 13 nitrogen and oxygen atoms in total. The number of benzene rings is 2. The Bertz CT molecular complexity index is 2190. The molecule has 2 amide bonds. The second-order valence-corrected chi connectivity index (χ2v) is 17.2. The summed E-state index contributed by atoms with van der Waals surface area (Å²) in [7, 11) is 0. The van der Waals surface area contributed by atoms with E-state index in [1.807, 2.05) is 43.5 Å². The van der Waals surface area contributed by atoms with E-state index in [0.717, 1.165) is 42.2 Å². The van der Waals surface area contributed by atoms with E-state index < -0.39 is 35.7 Å². The van der Waals surface area contributed by atoms with Crippen LogP contribution in [0.3, 0.4) is 0 Å². The van der Waals surface area contributed by atoms with Crippen molar-refractivity contribution in [1.82, 2.24) is 20.6 Å². The largest absolute Gasteiger partial charge is 0.490 e. The highest BCUT2D eigenvalue weighted by Gasteiger charge is 2.31. The predicted molar refractivity (Wildman–Crippen MR) is 231 cm³/mol. The van der Waals surface area contributed by atoms with Gasteiger partial charge in [0.1, 0.15) is 58.6 Å². The number of pyridine rings is 1. The Balaban J connectivity index is 1.23. The number of halogens is 1. The molecule has 0 radical (unpaired) electrons. The normalized spacial score (nSPS) is 14.0. The van der Waals surface area contributed by atoms with Crippen LogP contribution in [0.5, 0.6) is 5.75 Å². The van der Waals surface area contributed by atoms with Crippen LogP contribution >= 0.6 is 34.7 Å². The highest BCUT2D eigenvalue weighted by molar-refractivity contribution is 7.98. The maximum Gasteiger partial charge on any atom is 0.408 e. The first kappa shape index (κ1) is 44.7. The molecule has 1 aliphatic heterocycles. The number of hydrogen-bond donors (Lipinski definition) is 2. The Labute approximate surface area is 358 Å². The first-order valence-electron chi connectivity index (χ1n) is 19.3. The lowest BCUT2D eigenvalue weighted by molar-refractivity contribution is -0.148. The molecule has 2 aromatic carbocycles. The van der Waals surface area contributed by atoms with Crippen LogP contribution in [-0.4, -0.2) is 71.9 Å². The average Bonchev–Trinajstić information content (AvgIpc) is 3.93. The Morgan fingerprint density at radius 2 is 1.71 bits per heavy atom. The van der Waals surface area contributed by atoms with E-state index >= 15 is 0 Å². The van der Waals surface area contributed by atoms with Crippen LogP contribution in [0.4, 0.5) is 16.3 Å². The topological polar surface area (TPSA) is 160 Å². The van der Waals surface area contributed by atoms with E-state index in [9.17, 15) is 19.6 Å². The summed E-state index contributed by atoms with van der Waals surface area (Å²) < 4.78 is 16.5. The van der Waals surface area contributed by atoms with Crippen LogP contribution in [0.15, 0.2) is 58.9 Å². The van der Waals surface area contributed by atoms with Crippen LogP contribution in [0.2, 0.25) is 5.02 Å². The number of carbonyl (C=O) groups is 3. The molecule has 3 heterocycles. The molecule has 0 unspecified atom stereocenters. The van der Waals surface area contributed by atoms with Crippen molar-refractivity contribution in [3.8, 4) is 33.5 Å². The van der Waals surface area contributed by atoms with Gasteiger partial charge in [-0.05, 0) is 76.3 Å². The Morgan fingerprint density at radius 3 is 2.34 bits per heavy atom. The van der Waals surface area contributed by atoms with E-state index in [0.29, 0.717) is 56.2 Å². The molecule has 0 aliphatic carbocycles. The Morgan fingerprint density at radius 1 is 1.03 bits per heavy atom. The van der Waals surface area contributed by atoms with Crippen molar-refractivity contribution in [1.29, 1.82) is 5.26 Å². The van der Waals surface area contributed by atoms with E-state index in [4.69, 9.17) is 42.4 Å². The number of amides is 2. The Hall–Kier alpha value is -5.35. The second kappa shape index (κ2) is 20.6. The van der Waals surface area contributed by atoms with Crippen molar-refractivity contribution < 1.29 is 28.6 Å². The summed E-state index contributed by atoms with van der Waals surface area (Å²) in [4.78, 5) is 54.0. The zero-order valence-corrected chi connectivity index (χ0v) is 36.4. The monoisotopic (exact) mass is 857 g/mol. The molecule has 0 spiro atoms. The molecule has 1 saturated heterocycles. The van der Waals surface area contributed by atoms with Gasteiger partial charge in [0.25, 0.3) is 0 Å². The number of alkyl carbamates (subject to hydrolysis) is 1. The summed E-state index contributed by atoms with van der Waals surface area (Å²) in [5.41, 5.74) is 2.89. The lowest BCUT2D eigenvalue weighted by Crippen LogP contribution is -2.54. The molecule has 59 heavy (non-hydrogen) atoms. The third kappa shape index (κ3) is 12.1. The molecule has 1 aliphatic rings. The third-order valence-electron chi connectivity index (χ3n) is 9.37. The number of carbonyl (C=O) groups excluding carboxylic acids is 3. The van der Waals surface area contributed by atoms with Gasteiger partial charge in [-0.15, -0.1) is 11.3 Å². The number of ether oxygens (including phenoxy) is 3. The lowest BCUT2D eigenvalue weighted by Gasteiger charge is -2.27. The van der Waals surface area contributed by atoms with E-state index in [1.165, 1.54) is 30.0 Å². The summed E-state index contributed by atoms with van der Waals surface area (Å²) >= 11 is 9.02. The van der Waals surface area contributed by atoms with Gasteiger partial charge in [0.15, 0.2) is 0 Å². The first-order valence-corrected chi connectivity index (χ1v) is 21.6. The maximum atomic E-state index is 13.1. The van der Waals surface area contributed by atoms with Crippen LogP contribution in [-0.2, 0) is 24.8 Å². The summed E-state index contributed by atoms with van der Waals surface area (Å²) in [6, 6.07) is 15.0. The van der Waals surface area contributed by atoms with Gasteiger partial charge >= 0.3 is 12.1 Å². The first-order chi connectivity index (χ1) is 28.2. The van der Waals surface area contributed by atoms with Crippen LogP contribution < -0.4 is 20.3 Å². The minimum absolute atomic E-state index is 0.0314. The van der Waals surface area contributed by atoms with Crippen molar-refractivity contribution in [2.45, 2.75) is 89.3 Å². The van der Waals surface area contributed by atoms with Crippen molar-refractivity contribution >= 4 is 64.2 Å². The second-order valence-electron chi connectivity index (χ2n) is 15.0. The highest BCUT2D eigenvalue weighted by atomic mass is 35.5. The SMILES string of the molecule is [C-]#[N+]c1c(N2CCCC2)nc(SCc2csc(-c3ccc(Cl)cc3)n2)c(C#N)c1-c1ccc(OCCOC(=O)[C@H](C)NC(=O)[C@@H](NC(=O)OC(C)(C)C)[C@@H](C)CC)cc1. The summed E-state index contributed by atoms with van der Waals surface area (Å²) in [6.45, 7) is 20.1. The smallest absolute Gasteiger partial charge is 0.408 e. The van der Waals surface area contributed by atoms with Crippen molar-refractivity contribution in [2.75, 3.05) is 31.2 Å². The number of anilines is 1. The average molecular weight is 858 g/mol. The van der Waals surface area contributed by atoms with E-state index in [-0.39, 0.29) is 19.1 Å². The quantitative estimate of drug-likeness (QED) is 0.0479. The third-order valence-corrected chi connectivity index (χ3v) is 11.6. The molecule has 3 atom stereocenters. The maximum absolute atomic E-state index is 13.1. The molecule has 0 bridgehead atoms. The van der Waals surface area contributed by atoms with Crippen molar-refractivity contribution in [3.05, 3.63) is 81.6 Å². The number of hydrogen-bond acceptors (Lipinski definition) is 12. The van der Waals surface area contributed by atoms with Crippen molar-refractivity contribution in [2.24, 2.45) is 5.92 Å². The zero-order chi connectivity index (χ0) is 42.7. The van der Waals surface area contributed by atoms with E-state index in [2.05, 4.69) is 26.4 Å². The predicted octanol–water partition coefficient (Wildman–Crippen LogP) is 9.21. The summed E-state index contributed by atoms with van der Waals surface area (Å²) in [6.07, 6.45) is 1.86. The number of aromatic nitrogens is 2. The highest BCUT2D eigenvalue weighted by Crippen LogP contribution is 2.45. The number of nitrogens with one attached hydrogen (secondary N) is 2. The van der Waals surface area contributed by atoms with Crippen LogP contribution in [0.25, 0.3) is 26.5 Å². The lowest BCUT2D eigenvalue weighted by atomic mass is 9.98. The van der Waals surface area contributed by atoms with Crippen LogP contribution in [0.1, 0.15) is 72.1 Å². The van der Waals surface area contributed by atoms with Gasteiger partial charge in [-0.25, -0.2) is 24.4 Å². The molecular weight excluding hydrogens is 810 g/mol. The fourth-order valence-corrected chi connectivity index (χ4v) is 8.10. The zero-order valence-electron chi connectivity index (χ0n) is 34.0. The summed E-state index contributed by atoms with van der Waals surface area (Å²) in [5, 5.41) is 19.8. The molecule has 310 valence electrons. The van der Waals surface area contributed by atoms with Crippen LogP contribution in [0, 0.1) is 23.8 Å². The number of thiazole rings is 1. The number of nitriles is 1. The molecule has 2 aromatic heterocycles. The summed E-state index contributed by atoms with van der Waals surface area (Å²) in [5.74, 6) is 0.126. The molecular formula is C43H48ClN7O6S2. The van der Waals surface area contributed by atoms with Gasteiger partial charge < -0.3 is 29.7 Å². The molecule has 0 saturated carbocycles. The van der Waals surface area contributed by atoms with Gasteiger partial charge in [-0.2, -0.15) is 5.26 Å². The minimum atomic E-state index is -0.984. The number of rotatable bonds is 16. The molecule has 4 aromatic rings. The fourth-order valence-electron chi connectivity index (χ4n) is 6.17. The standard InChI is InChI=1S/C43H48ClN7O6S2/c1-8-26(2)35(49-42(54)57-43(4,5)6)38(52)47-27(3)41(53)56-22-21-55-32-17-13-28(14-18-32)34-33(23-45)40(50-37(36(34)46-7)51-19-9-10-20-51)59-25-31-24-58-39(48-31)29-11-15-30(44)16-12-29/h11-18,24,26-27,35H,8-10,19-22,25H2,1-6H3,(H,47,52)(H,49,54)/t26-,27-,35-/m0/s1. The minimum Gasteiger partial charge on any atom is -0.490 e. The molecule has 5 rings (SSSR count). The fraction of sp³-hybridized carbons (Fsp3) is 0.419. The molecule has 1 fully saturated rings. The number of thioether (sulfide) groups is 1.